The fourth-order valence-corrected chi connectivity index (χ4v) is 4.15. The summed E-state index contributed by atoms with van der Waals surface area (Å²) in [7, 11) is 0. The maximum absolute atomic E-state index is 13.9. The summed E-state index contributed by atoms with van der Waals surface area (Å²) in [6.07, 6.45) is 0. The van der Waals surface area contributed by atoms with E-state index in [4.69, 9.17) is 11.6 Å². The first-order valence-corrected chi connectivity index (χ1v) is 11.0. The van der Waals surface area contributed by atoms with E-state index in [-0.39, 0.29) is 29.1 Å². The lowest BCUT2D eigenvalue weighted by Crippen LogP contribution is -2.48. The van der Waals surface area contributed by atoms with Crippen molar-refractivity contribution in [2.45, 2.75) is 39.1 Å². The van der Waals surface area contributed by atoms with Crippen molar-refractivity contribution in [1.82, 2.24) is 10.2 Å². The Hall–Kier alpha value is -2.05. The number of amides is 2. The Kier molecular flexibility index (Phi) is 8.99. The summed E-state index contributed by atoms with van der Waals surface area (Å²) in [5, 5.41) is 3.11. The number of likely N-dealkylation sites (N-methyl/N-ethyl adjacent to an activating group) is 1. The number of hydrogen-bond acceptors (Lipinski definition) is 3. The maximum atomic E-state index is 13.9. The molecule has 0 aliphatic rings. The van der Waals surface area contributed by atoms with Crippen LogP contribution < -0.4 is 5.32 Å². The topological polar surface area (TPSA) is 49.4 Å². The van der Waals surface area contributed by atoms with Gasteiger partial charge < -0.3 is 10.2 Å². The van der Waals surface area contributed by atoms with Crippen molar-refractivity contribution >= 4 is 35.2 Å². The van der Waals surface area contributed by atoms with E-state index >= 15 is 0 Å². The first-order chi connectivity index (χ1) is 13.8. The Morgan fingerprint density at radius 1 is 1.24 bits per heavy atom. The van der Waals surface area contributed by atoms with Gasteiger partial charge in [-0.15, -0.1) is 11.8 Å². The largest absolute Gasteiger partial charge is 0.355 e. The molecular weight excluding hydrogens is 411 g/mol. The first-order valence-electron chi connectivity index (χ1n) is 9.46. The average Bonchev–Trinajstić information content (AvgIpc) is 2.68. The second-order valence-corrected chi connectivity index (χ2v) is 8.17. The third-order valence-electron chi connectivity index (χ3n) is 4.49. The van der Waals surface area contributed by atoms with Gasteiger partial charge in [-0.3, -0.25) is 9.59 Å². The molecule has 0 aliphatic carbocycles. The predicted octanol–water partition coefficient (Wildman–Crippen LogP) is 4.57. The number of hydrogen-bond donors (Lipinski definition) is 1. The number of carbonyl (C=O) groups excluding carboxylic acids is 2. The molecule has 0 radical (unpaired) electrons. The Labute approximate surface area is 180 Å². The lowest BCUT2D eigenvalue weighted by molar-refractivity contribution is -0.138. The van der Waals surface area contributed by atoms with Gasteiger partial charge in [0.1, 0.15) is 11.9 Å². The molecule has 0 aromatic heterocycles. The van der Waals surface area contributed by atoms with Gasteiger partial charge in [-0.05, 0) is 38.5 Å². The molecule has 2 rings (SSSR count). The van der Waals surface area contributed by atoms with E-state index in [1.807, 2.05) is 38.1 Å². The fourth-order valence-electron chi connectivity index (χ4n) is 2.91. The Morgan fingerprint density at radius 2 is 1.97 bits per heavy atom. The fraction of sp³-hybridized carbons (Fsp3) is 0.364. The molecule has 29 heavy (non-hydrogen) atoms. The quantitative estimate of drug-likeness (QED) is 0.626. The van der Waals surface area contributed by atoms with Gasteiger partial charge in [-0.1, -0.05) is 47.5 Å². The van der Waals surface area contributed by atoms with Gasteiger partial charge >= 0.3 is 0 Å². The molecule has 1 N–H and O–H groups in total. The summed E-state index contributed by atoms with van der Waals surface area (Å²) < 4.78 is 13.9. The number of nitrogens with zero attached hydrogens (tertiary/aromatic N) is 1. The van der Waals surface area contributed by atoms with Gasteiger partial charge in [0.25, 0.3) is 0 Å². The van der Waals surface area contributed by atoms with Gasteiger partial charge in [-0.2, -0.15) is 0 Å². The molecule has 0 fully saturated rings. The van der Waals surface area contributed by atoms with Crippen molar-refractivity contribution in [3.63, 3.8) is 0 Å². The molecule has 0 saturated carbocycles. The van der Waals surface area contributed by atoms with Gasteiger partial charge in [0.05, 0.1) is 5.75 Å². The Morgan fingerprint density at radius 3 is 2.62 bits per heavy atom. The smallest absolute Gasteiger partial charge is 0.242 e. The summed E-state index contributed by atoms with van der Waals surface area (Å²) in [5.74, 6) is -0.353. The third kappa shape index (κ3) is 6.75. The summed E-state index contributed by atoms with van der Waals surface area (Å²) in [6, 6.07) is 11.8. The Balaban J connectivity index is 2.10. The van der Waals surface area contributed by atoms with Crippen molar-refractivity contribution in [1.29, 1.82) is 0 Å². The number of aryl methyl sites for hydroxylation is 1. The van der Waals surface area contributed by atoms with Gasteiger partial charge in [-0.25, -0.2) is 4.39 Å². The predicted molar refractivity (Wildman–Crippen MR) is 117 cm³/mol. The highest BCUT2D eigenvalue weighted by molar-refractivity contribution is 7.99. The first kappa shape index (κ1) is 23.2. The average molecular weight is 437 g/mol. The van der Waals surface area contributed by atoms with E-state index < -0.39 is 6.04 Å². The van der Waals surface area contributed by atoms with Crippen LogP contribution >= 0.6 is 23.4 Å². The number of carbonyl (C=O) groups is 2. The number of nitrogens with one attached hydrogen (secondary N) is 1. The van der Waals surface area contributed by atoms with Crippen LogP contribution in [-0.2, 0) is 21.9 Å². The SMILES string of the molecule is CCNC(=O)[C@H](C)N(Cc1cccc(C)c1)C(=O)CSCc1c(F)cccc1Cl. The third-order valence-corrected chi connectivity index (χ3v) is 5.79. The van der Waals surface area contributed by atoms with Crippen LogP contribution in [0.3, 0.4) is 0 Å². The van der Waals surface area contributed by atoms with Crippen molar-refractivity contribution in [2.75, 3.05) is 12.3 Å². The molecule has 0 bridgehead atoms. The molecule has 2 amide bonds. The van der Waals surface area contributed by atoms with E-state index in [0.29, 0.717) is 23.7 Å². The van der Waals surface area contributed by atoms with E-state index in [1.54, 1.807) is 24.0 Å². The molecule has 0 spiro atoms. The summed E-state index contributed by atoms with van der Waals surface area (Å²) >= 11 is 7.33. The number of benzene rings is 2. The number of halogens is 2. The van der Waals surface area contributed by atoms with Crippen LogP contribution in [0.15, 0.2) is 42.5 Å². The van der Waals surface area contributed by atoms with Gasteiger partial charge in [0, 0.05) is 29.4 Å². The summed E-state index contributed by atoms with van der Waals surface area (Å²) in [4.78, 5) is 26.9. The van der Waals surface area contributed by atoms with E-state index in [1.165, 1.54) is 17.8 Å². The van der Waals surface area contributed by atoms with Crippen molar-refractivity contribution in [2.24, 2.45) is 0 Å². The minimum atomic E-state index is -0.611. The molecule has 0 saturated heterocycles. The van der Waals surface area contributed by atoms with E-state index in [9.17, 15) is 14.0 Å². The standard InChI is InChI=1S/C22H26ClFN2O2S/c1-4-25-22(28)16(3)26(12-17-8-5-7-15(2)11-17)21(27)14-29-13-18-19(23)9-6-10-20(18)24/h5-11,16H,4,12-14H2,1-3H3,(H,25,28)/t16-/m0/s1. The zero-order valence-corrected chi connectivity index (χ0v) is 18.4. The highest BCUT2D eigenvalue weighted by Gasteiger charge is 2.25. The van der Waals surface area contributed by atoms with Gasteiger partial charge in [0.15, 0.2) is 0 Å². The summed E-state index contributed by atoms with van der Waals surface area (Å²) in [6.45, 7) is 6.37. The molecule has 7 heteroatoms. The molecule has 0 heterocycles. The van der Waals surface area contributed by atoms with Gasteiger partial charge in [0.2, 0.25) is 11.8 Å². The van der Waals surface area contributed by atoms with Crippen molar-refractivity contribution in [3.8, 4) is 0 Å². The zero-order chi connectivity index (χ0) is 21.4. The highest BCUT2D eigenvalue weighted by Crippen LogP contribution is 2.24. The monoisotopic (exact) mass is 436 g/mol. The highest BCUT2D eigenvalue weighted by atomic mass is 35.5. The molecule has 156 valence electrons. The number of rotatable bonds is 9. The minimum absolute atomic E-state index is 0.125. The van der Waals surface area contributed by atoms with Crippen molar-refractivity contribution < 1.29 is 14.0 Å². The van der Waals surface area contributed by atoms with Crippen LogP contribution in [0.2, 0.25) is 5.02 Å². The molecule has 2 aromatic rings. The molecule has 0 aliphatic heterocycles. The van der Waals surface area contributed by atoms with Crippen LogP contribution in [0.5, 0.6) is 0 Å². The second-order valence-electron chi connectivity index (χ2n) is 6.77. The van der Waals surface area contributed by atoms with Crippen LogP contribution in [0.1, 0.15) is 30.5 Å². The minimum Gasteiger partial charge on any atom is -0.355 e. The summed E-state index contributed by atoms with van der Waals surface area (Å²) in [5.41, 5.74) is 2.43. The molecule has 2 aromatic carbocycles. The normalized spacial score (nSPS) is 11.8. The van der Waals surface area contributed by atoms with E-state index in [2.05, 4.69) is 5.32 Å². The van der Waals surface area contributed by atoms with Crippen LogP contribution in [0, 0.1) is 12.7 Å². The van der Waals surface area contributed by atoms with Crippen LogP contribution in [0.25, 0.3) is 0 Å². The van der Waals surface area contributed by atoms with E-state index in [0.717, 1.165) is 11.1 Å². The molecule has 0 unspecified atom stereocenters. The van der Waals surface area contributed by atoms with Crippen LogP contribution in [-0.4, -0.2) is 35.1 Å². The van der Waals surface area contributed by atoms with Crippen LogP contribution in [0.4, 0.5) is 4.39 Å². The lowest BCUT2D eigenvalue weighted by atomic mass is 10.1. The molecule has 4 nitrogen and oxygen atoms in total. The maximum Gasteiger partial charge on any atom is 0.242 e. The molecular formula is C22H26ClFN2O2S. The Bertz CT molecular complexity index is 842. The number of thioether (sulfide) groups is 1. The second kappa shape index (κ2) is 11.2. The van der Waals surface area contributed by atoms with Crippen molar-refractivity contribution in [3.05, 3.63) is 70.0 Å². The zero-order valence-electron chi connectivity index (χ0n) is 16.9. The molecule has 1 atom stereocenters. The lowest BCUT2D eigenvalue weighted by Gasteiger charge is -2.28.